The van der Waals surface area contributed by atoms with Crippen LogP contribution in [0.4, 0.5) is 0 Å². The Labute approximate surface area is 119 Å². The van der Waals surface area contributed by atoms with Crippen molar-refractivity contribution in [3.63, 3.8) is 0 Å². The zero-order valence-corrected chi connectivity index (χ0v) is 11.6. The molecule has 0 radical (unpaired) electrons. The van der Waals surface area contributed by atoms with E-state index in [1.165, 1.54) is 25.1 Å². The lowest BCUT2D eigenvalue weighted by molar-refractivity contribution is -0.109. The highest BCUT2D eigenvalue weighted by Crippen LogP contribution is 2.21. The van der Waals surface area contributed by atoms with Crippen molar-refractivity contribution >= 4 is 28.8 Å². The SMILES string of the molecule is CC(=O)SCCCOc1cc(C(=O)O)ccc1C(=O)O. The van der Waals surface area contributed by atoms with Crippen LogP contribution < -0.4 is 4.74 Å². The van der Waals surface area contributed by atoms with Gasteiger partial charge < -0.3 is 14.9 Å². The van der Waals surface area contributed by atoms with Gasteiger partial charge in [0, 0.05) is 12.7 Å². The summed E-state index contributed by atoms with van der Waals surface area (Å²) in [5, 5.41) is 17.9. The van der Waals surface area contributed by atoms with Crippen LogP contribution in [0.25, 0.3) is 0 Å². The number of thioether (sulfide) groups is 1. The van der Waals surface area contributed by atoms with Gasteiger partial charge in [0.05, 0.1) is 12.2 Å². The highest BCUT2D eigenvalue weighted by molar-refractivity contribution is 8.13. The van der Waals surface area contributed by atoms with Gasteiger partial charge in [0.1, 0.15) is 11.3 Å². The van der Waals surface area contributed by atoms with Crippen LogP contribution in [0.5, 0.6) is 5.75 Å². The molecular weight excluding hydrogens is 284 g/mol. The van der Waals surface area contributed by atoms with E-state index in [-0.39, 0.29) is 28.6 Å². The van der Waals surface area contributed by atoms with Crippen LogP contribution in [0.3, 0.4) is 0 Å². The van der Waals surface area contributed by atoms with Crippen molar-refractivity contribution in [2.45, 2.75) is 13.3 Å². The Kier molecular flexibility index (Phi) is 6.05. The van der Waals surface area contributed by atoms with Crippen molar-refractivity contribution in [3.8, 4) is 5.75 Å². The molecular formula is C13H14O6S. The molecule has 2 N–H and O–H groups in total. The highest BCUT2D eigenvalue weighted by Gasteiger charge is 2.14. The van der Waals surface area contributed by atoms with Gasteiger partial charge >= 0.3 is 11.9 Å². The van der Waals surface area contributed by atoms with E-state index in [1.807, 2.05) is 0 Å². The van der Waals surface area contributed by atoms with E-state index in [0.29, 0.717) is 12.2 Å². The summed E-state index contributed by atoms with van der Waals surface area (Å²) in [7, 11) is 0. The summed E-state index contributed by atoms with van der Waals surface area (Å²) in [6.45, 7) is 1.67. The summed E-state index contributed by atoms with van der Waals surface area (Å²) in [6.07, 6.45) is 0.556. The fourth-order valence-corrected chi connectivity index (χ4v) is 1.96. The van der Waals surface area contributed by atoms with Crippen molar-refractivity contribution in [1.29, 1.82) is 0 Å². The van der Waals surface area contributed by atoms with Crippen molar-refractivity contribution in [3.05, 3.63) is 29.3 Å². The Morgan fingerprint density at radius 3 is 2.45 bits per heavy atom. The second kappa shape index (κ2) is 7.54. The minimum atomic E-state index is -1.19. The zero-order valence-electron chi connectivity index (χ0n) is 10.8. The topological polar surface area (TPSA) is 101 Å². The summed E-state index contributed by atoms with van der Waals surface area (Å²) in [5.74, 6) is -1.75. The predicted molar refractivity (Wildman–Crippen MR) is 73.6 cm³/mol. The Hall–Kier alpha value is -2.02. The molecule has 0 aliphatic heterocycles. The molecule has 0 amide bonds. The van der Waals surface area contributed by atoms with Gasteiger partial charge in [-0.3, -0.25) is 4.79 Å². The van der Waals surface area contributed by atoms with E-state index in [9.17, 15) is 14.4 Å². The van der Waals surface area contributed by atoms with Crippen molar-refractivity contribution in [2.24, 2.45) is 0 Å². The van der Waals surface area contributed by atoms with E-state index >= 15 is 0 Å². The molecule has 7 heteroatoms. The van der Waals surface area contributed by atoms with Crippen LogP contribution >= 0.6 is 11.8 Å². The van der Waals surface area contributed by atoms with Gasteiger partial charge in [-0.25, -0.2) is 9.59 Å². The molecule has 0 atom stereocenters. The first-order valence-electron chi connectivity index (χ1n) is 5.78. The molecule has 20 heavy (non-hydrogen) atoms. The number of hydrogen-bond acceptors (Lipinski definition) is 5. The van der Waals surface area contributed by atoms with Crippen LogP contribution in [0.15, 0.2) is 18.2 Å². The fourth-order valence-electron chi connectivity index (χ4n) is 1.41. The van der Waals surface area contributed by atoms with Gasteiger partial charge in [-0.15, -0.1) is 0 Å². The van der Waals surface area contributed by atoms with Crippen LogP contribution in [0.2, 0.25) is 0 Å². The first kappa shape index (κ1) is 16.0. The van der Waals surface area contributed by atoms with E-state index in [0.717, 1.165) is 11.8 Å². The zero-order chi connectivity index (χ0) is 15.1. The summed E-state index contributed by atoms with van der Waals surface area (Å²) in [5.41, 5.74) is -0.127. The Bertz CT molecular complexity index is 526. The average Bonchev–Trinajstić information content (AvgIpc) is 2.37. The van der Waals surface area contributed by atoms with E-state index in [4.69, 9.17) is 14.9 Å². The van der Waals surface area contributed by atoms with Crippen molar-refractivity contribution < 1.29 is 29.3 Å². The van der Waals surface area contributed by atoms with E-state index in [2.05, 4.69) is 0 Å². The van der Waals surface area contributed by atoms with E-state index in [1.54, 1.807) is 0 Å². The lowest BCUT2D eigenvalue weighted by Gasteiger charge is -2.09. The van der Waals surface area contributed by atoms with E-state index < -0.39 is 11.9 Å². The molecule has 1 rings (SSSR count). The molecule has 0 saturated carbocycles. The maximum atomic E-state index is 11.0. The number of carbonyl (C=O) groups excluding carboxylic acids is 1. The maximum Gasteiger partial charge on any atom is 0.339 e. The third kappa shape index (κ3) is 4.93. The van der Waals surface area contributed by atoms with Gasteiger partial charge in [0.2, 0.25) is 0 Å². The number of carbonyl (C=O) groups is 3. The quantitative estimate of drug-likeness (QED) is 0.743. The molecule has 0 heterocycles. The number of ether oxygens (including phenoxy) is 1. The molecule has 0 saturated heterocycles. The van der Waals surface area contributed by atoms with Crippen LogP contribution in [-0.4, -0.2) is 39.6 Å². The number of benzene rings is 1. The average molecular weight is 298 g/mol. The molecule has 0 aromatic heterocycles. The third-order valence-corrected chi connectivity index (χ3v) is 3.21. The summed E-state index contributed by atoms with van der Waals surface area (Å²) < 4.78 is 5.30. The standard InChI is InChI=1S/C13H14O6S/c1-8(14)20-6-2-5-19-11-7-9(12(15)16)3-4-10(11)13(17)18/h3-4,7H,2,5-6H2,1H3,(H,15,16)(H,17,18). The van der Waals surface area contributed by atoms with Gasteiger partial charge in [0.25, 0.3) is 0 Å². The maximum absolute atomic E-state index is 11.0. The lowest BCUT2D eigenvalue weighted by atomic mass is 10.1. The van der Waals surface area contributed by atoms with Crippen molar-refractivity contribution in [1.82, 2.24) is 0 Å². The summed E-state index contributed by atoms with van der Waals surface area (Å²) in [4.78, 5) is 32.6. The molecule has 1 aromatic carbocycles. The number of rotatable bonds is 7. The lowest BCUT2D eigenvalue weighted by Crippen LogP contribution is -2.07. The second-order valence-electron chi connectivity index (χ2n) is 3.86. The minimum absolute atomic E-state index is 0.00380. The molecule has 0 spiro atoms. The Morgan fingerprint density at radius 1 is 1.20 bits per heavy atom. The number of aromatic carboxylic acids is 2. The molecule has 0 bridgehead atoms. The monoisotopic (exact) mass is 298 g/mol. The van der Waals surface area contributed by atoms with Crippen LogP contribution in [0.1, 0.15) is 34.1 Å². The molecule has 0 fully saturated rings. The van der Waals surface area contributed by atoms with Gasteiger partial charge in [-0.05, 0) is 24.6 Å². The molecule has 108 valence electrons. The Balaban J connectivity index is 2.70. The fraction of sp³-hybridized carbons (Fsp3) is 0.308. The molecule has 0 aliphatic rings. The molecule has 0 aliphatic carbocycles. The summed E-state index contributed by atoms with van der Waals surface area (Å²) >= 11 is 1.16. The van der Waals surface area contributed by atoms with Crippen LogP contribution in [0, 0.1) is 0 Å². The van der Waals surface area contributed by atoms with Gasteiger partial charge in [0.15, 0.2) is 5.12 Å². The van der Waals surface area contributed by atoms with Crippen LogP contribution in [-0.2, 0) is 4.79 Å². The second-order valence-corrected chi connectivity index (χ2v) is 5.14. The van der Waals surface area contributed by atoms with Gasteiger partial charge in [-0.1, -0.05) is 11.8 Å². The smallest absolute Gasteiger partial charge is 0.339 e. The largest absolute Gasteiger partial charge is 0.493 e. The first-order valence-corrected chi connectivity index (χ1v) is 6.77. The van der Waals surface area contributed by atoms with Gasteiger partial charge in [-0.2, -0.15) is 0 Å². The number of hydrogen-bond donors (Lipinski definition) is 2. The molecule has 6 nitrogen and oxygen atoms in total. The normalized spacial score (nSPS) is 10.1. The minimum Gasteiger partial charge on any atom is -0.493 e. The van der Waals surface area contributed by atoms with Crippen molar-refractivity contribution in [2.75, 3.05) is 12.4 Å². The number of carboxylic acid groups (broad SMARTS) is 2. The first-order chi connectivity index (χ1) is 9.41. The highest BCUT2D eigenvalue weighted by atomic mass is 32.2. The summed E-state index contributed by atoms with van der Waals surface area (Å²) in [6, 6.07) is 3.60. The third-order valence-electron chi connectivity index (χ3n) is 2.31. The molecule has 1 aromatic rings. The predicted octanol–water partition coefficient (Wildman–Crippen LogP) is 2.13. The number of carboxylic acids is 2. The Morgan fingerprint density at radius 2 is 1.90 bits per heavy atom. The molecule has 0 unspecified atom stereocenters.